The Hall–Kier alpha value is -1.02. The van der Waals surface area contributed by atoms with Crippen molar-refractivity contribution in [1.29, 1.82) is 0 Å². The van der Waals surface area contributed by atoms with E-state index in [4.69, 9.17) is 4.74 Å². The minimum atomic E-state index is 0.208. The van der Waals surface area contributed by atoms with Crippen LogP contribution in [0.1, 0.15) is 53.0 Å². The van der Waals surface area contributed by atoms with Crippen LogP contribution in [0.25, 0.3) is 0 Å². The predicted octanol–water partition coefficient (Wildman–Crippen LogP) is 4.18. The van der Waals surface area contributed by atoms with Crippen LogP contribution in [0.5, 0.6) is 5.75 Å². The molecule has 2 heteroatoms. The molecule has 0 aliphatic carbocycles. The van der Waals surface area contributed by atoms with Crippen molar-refractivity contribution in [2.24, 2.45) is 0 Å². The summed E-state index contributed by atoms with van der Waals surface area (Å²) in [5.74, 6) is 0.980. The highest BCUT2D eigenvalue weighted by atomic mass is 16.5. The van der Waals surface area contributed by atoms with Gasteiger partial charge in [-0.25, -0.2) is 0 Å². The maximum Gasteiger partial charge on any atom is 0.119 e. The third kappa shape index (κ3) is 7.22. The lowest BCUT2D eigenvalue weighted by Gasteiger charge is -2.21. The van der Waals surface area contributed by atoms with Gasteiger partial charge >= 0.3 is 0 Å². The van der Waals surface area contributed by atoms with Gasteiger partial charge in [0.15, 0.2) is 0 Å². The molecule has 1 atom stereocenters. The van der Waals surface area contributed by atoms with Crippen molar-refractivity contribution in [3.8, 4) is 5.75 Å². The first kappa shape index (κ1) is 16.0. The van der Waals surface area contributed by atoms with Crippen molar-refractivity contribution in [2.45, 2.75) is 65.5 Å². The SMILES string of the molecule is CCc1ccc(OC(C)CCCNC(C)(C)C)cc1. The number of hydrogen-bond acceptors (Lipinski definition) is 2. The van der Waals surface area contributed by atoms with Crippen LogP contribution < -0.4 is 10.1 Å². The third-order valence-electron chi connectivity index (χ3n) is 3.11. The highest BCUT2D eigenvalue weighted by Gasteiger charge is 2.09. The third-order valence-corrected chi connectivity index (χ3v) is 3.11. The van der Waals surface area contributed by atoms with Crippen LogP contribution in [0.15, 0.2) is 24.3 Å². The lowest BCUT2D eigenvalue weighted by molar-refractivity contribution is 0.206. The number of ether oxygens (including phenoxy) is 1. The molecule has 1 aromatic rings. The molecule has 0 saturated carbocycles. The molecule has 1 unspecified atom stereocenters. The average Bonchev–Trinajstić information content (AvgIpc) is 2.34. The average molecular weight is 263 g/mol. The fourth-order valence-corrected chi connectivity index (χ4v) is 1.95. The summed E-state index contributed by atoms with van der Waals surface area (Å²) in [5.41, 5.74) is 1.56. The minimum absolute atomic E-state index is 0.208. The minimum Gasteiger partial charge on any atom is -0.491 e. The summed E-state index contributed by atoms with van der Waals surface area (Å²) in [5, 5.41) is 3.50. The van der Waals surface area contributed by atoms with Gasteiger partial charge in [-0.3, -0.25) is 0 Å². The summed E-state index contributed by atoms with van der Waals surface area (Å²) in [4.78, 5) is 0. The van der Waals surface area contributed by atoms with Crippen LogP contribution in [0.2, 0.25) is 0 Å². The zero-order valence-electron chi connectivity index (χ0n) is 13.1. The number of nitrogens with one attached hydrogen (secondary N) is 1. The van der Waals surface area contributed by atoms with E-state index in [1.807, 2.05) is 0 Å². The molecule has 0 aliphatic rings. The van der Waals surface area contributed by atoms with Gasteiger partial charge in [-0.2, -0.15) is 0 Å². The lowest BCUT2D eigenvalue weighted by Crippen LogP contribution is -2.36. The van der Waals surface area contributed by atoms with Crippen LogP contribution >= 0.6 is 0 Å². The molecule has 0 saturated heterocycles. The fourth-order valence-electron chi connectivity index (χ4n) is 1.95. The normalized spacial score (nSPS) is 13.3. The van der Waals surface area contributed by atoms with Gasteiger partial charge in [-0.1, -0.05) is 19.1 Å². The largest absolute Gasteiger partial charge is 0.491 e. The maximum absolute atomic E-state index is 5.92. The van der Waals surface area contributed by atoms with Crippen LogP contribution in [0.4, 0.5) is 0 Å². The van der Waals surface area contributed by atoms with E-state index >= 15 is 0 Å². The summed E-state index contributed by atoms with van der Waals surface area (Å²) < 4.78 is 5.92. The predicted molar refractivity (Wildman–Crippen MR) is 82.9 cm³/mol. The first-order valence-electron chi connectivity index (χ1n) is 7.41. The zero-order chi connectivity index (χ0) is 14.3. The van der Waals surface area contributed by atoms with Gasteiger partial charge in [-0.15, -0.1) is 0 Å². The van der Waals surface area contributed by atoms with Crippen molar-refractivity contribution in [2.75, 3.05) is 6.54 Å². The van der Waals surface area contributed by atoms with Crippen molar-refractivity contribution >= 4 is 0 Å². The van der Waals surface area contributed by atoms with Gasteiger partial charge in [0, 0.05) is 5.54 Å². The molecular weight excluding hydrogens is 234 g/mol. The summed E-state index contributed by atoms with van der Waals surface area (Å²) in [6.45, 7) is 11.9. The Morgan fingerprint density at radius 3 is 2.32 bits per heavy atom. The Morgan fingerprint density at radius 1 is 1.16 bits per heavy atom. The smallest absolute Gasteiger partial charge is 0.119 e. The van der Waals surface area contributed by atoms with Crippen molar-refractivity contribution in [1.82, 2.24) is 5.32 Å². The molecule has 0 aliphatic heterocycles. The topological polar surface area (TPSA) is 21.3 Å². The number of aryl methyl sites for hydroxylation is 1. The lowest BCUT2D eigenvalue weighted by atomic mass is 10.1. The second-order valence-electron chi connectivity index (χ2n) is 6.24. The molecule has 0 fully saturated rings. The molecule has 0 spiro atoms. The Kier molecular flexibility index (Phi) is 6.36. The highest BCUT2D eigenvalue weighted by Crippen LogP contribution is 2.15. The Bertz CT molecular complexity index is 351. The van der Waals surface area contributed by atoms with E-state index in [1.165, 1.54) is 5.56 Å². The Morgan fingerprint density at radius 2 is 1.79 bits per heavy atom. The molecule has 108 valence electrons. The summed E-state index contributed by atoms with van der Waals surface area (Å²) in [7, 11) is 0. The molecule has 1 N–H and O–H groups in total. The monoisotopic (exact) mass is 263 g/mol. The van der Waals surface area contributed by atoms with Crippen molar-refractivity contribution < 1.29 is 4.74 Å². The van der Waals surface area contributed by atoms with Gasteiger partial charge in [0.1, 0.15) is 5.75 Å². The number of hydrogen-bond donors (Lipinski definition) is 1. The van der Waals surface area contributed by atoms with Crippen LogP contribution in [0, 0.1) is 0 Å². The van der Waals surface area contributed by atoms with Gasteiger partial charge in [0.2, 0.25) is 0 Å². The van der Waals surface area contributed by atoms with Crippen LogP contribution in [-0.4, -0.2) is 18.2 Å². The van der Waals surface area contributed by atoms with Gasteiger partial charge in [0.25, 0.3) is 0 Å². The van der Waals surface area contributed by atoms with Crippen molar-refractivity contribution in [3.05, 3.63) is 29.8 Å². The fraction of sp³-hybridized carbons (Fsp3) is 0.647. The second kappa shape index (κ2) is 7.54. The van der Waals surface area contributed by atoms with E-state index in [0.29, 0.717) is 0 Å². The first-order valence-corrected chi connectivity index (χ1v) is 7.41. The van der Waals surface area contributed by atoms with Gasteiger partial charge < -0.3 is 10.1 Å². The quantitative estimate of drug-likeness (QED) is 0.745. The maximum atomic E-state index is 5.92. The Labute approximate surface area is 118 Å². The highest BCUT2D eigenvalue weighted by molar-refractivity contribution is 5.27. The van der Waals surface area contributed by atoms with Gasteiger partial charge in [-0.05, 0) is 71.2 Å². The van der Waals surface area contributed by atoms with E-state index in [0.717, 1.165) is 31.6 Å². The van der Waals surface area contributed by atoms with Crippen molar-refractivity contribution in [3.63, 3.8) is 0 Å². The molecule has 0 heterocycles. The van der Waals surface area contributed by atoms with E-state index < -0.39 is 0 Å². The summed E-state index contributed by atoms with van der Waals surface area (Å²) in [6.07, 6.45) is 3.58. The van der Waals surface area contributed by atoms with E-state index in [-0.39, 0.29) is 11.6 Å². The van der Waals surface area contributed by atoms with E-state index in [1.54, 1.807) is 0 Å². The molecule has 19 heavy (non-hydrogen) atoms. The van der Waals surface area contributed by atoms with Crippen LogP contribution in [-0.2, 0) is 6.42 Å². The number of benzene rings is 1. The first-order chi connectivity index (χ1) is 8.90. The number of rotatable bonds is 7. The second-order valence-corrected chi connectivity index (χ2v) is 6.24. The molecular formula is C17H29NO. The summed E-state index contributed by atoms with van der Waals surface area (Å²) in [6, 6.07) is 8.43. The molecule has 0 radical (unpaired) electrons. The molecule has 1 aromatic carbocycles. The molecule has 0 aromatic heterocycles. The zero-order valence-corrected chi connectivity index (χ0v) is 13.1. The van der Waals surface area contributed by atoms with Crippen LogP contribution in [0.3, 0.4) is 0 Å². The standard InChI is InChI=1S/C17H29NO/c1-6-15-9-11-16(12-10-15)19-14(2)8-7-13-18-17(3,4)5/h9-12,14,18H,6-8,13H2,1-5H3. The Balaban J connectivity index is 2.24. The molecule has 0 amide bonds. The van der Waals surface area contributed by atoms with E-state index in [2.05, 4.69) is 64.2 Å². The molecule has 2 nitrogen and oxygen atoms in total. The molecule has 0 bridgehead atoms. The van der Waals surface area contributed by atoms with Gasteiger partial charge in [0.05, 0.1) is 6.10 Å². The van der Waals surface area contributed by atoms with E-state index in [9.17, 15) is 0 Å². The molecule has 1 rings (SSSR count). The summed E-state index contributed by atoms with van der Waals surface area (Å²) >= 11 is 0.